The zero-order valence-corrected chi connectivity index (χ0v) is 4.94. The molecule has 50 valence electrons. The average Bonchev–Trinajstić information content (AvgIpc) is 1.60. The maximum absolute atomic E-state index is 10.0. The van der Waals surface area contributed by atoms with Crippen LogP contribution in [0.15, 0.2) is 0 Å². The molecule has 0 aliphatic carbocycles. The second-order valence-corrected chi connectivity index (χ2v) is 1.15. The predicted octanol–water partition coefficient (Wildman–Crippen LogP) is 0.230. The molecule has 4 heteroatoms. The van der Waals surface area contributed by atoms with Gasteiger partial charge in [0.15, 0.2) is 0 Å². The molecule has 0 rings (SSSR count). The van der Waals surface area contributed by atoms with Gasteiger partial charge in [0.25, 0.3) is 0 Å². The molecule has 0 bridgehead atoms. The normalized spacial score (nSPS) is 18.9. The van der Waals surface area contributed by atoms with Crippen LogP contribution in [0.1, 0.15) is 17.4 Å². The number of carboxylic acid groups (broad SMARTS) is 1. The molecule has 0 aliphatic rings. The van der Waals surface area contributed by atoms with Crippen LogP contribution < -0.4 is 5.73 Å². The molecule has 0 saturated carbocycles. The third-order valence-corrected chi connectivity index (χ3v) is 0.537. The Labute approximate surface area is 58.5 Å². The van der Waals surface area contributed by atoms with E-state index in [4.69, 9.17) is 15.0 Å². The molecule has 0 aromatic rings. The Morgan fingerprint density at radius 3 is 2.75 bits per heavy atom. The van der Waals surface area contributed by atoms with Gasteiger partial charge in [0, 0.05) is 4.11 Å². The Morgan fingerprint density at radius 1 is 2.12 bits per heavy atom. The van der Waals surface area contributed by atoms with E-state index >= 15 is 0 Å². The maximum Gasteiger partial charge on any atom is 0.320 e. The highest BCUT2D eigenvalue weighted by Crippen LogP contribution is 1.82. The summed E-state index contributed by atoms with van der Waals surface area (Å²) in [5.41, 5.74) is 4.94. The van der Waals surface area contributed by atoms with Crippen molar-refractivity contribution in [1.29, 1.82) is 0 Å². The molecular weight excluding hydrogens is 130 g/mol. The summed E-state index contributed by atoms with van der Waals surface area (Å²) in [4.78, 5) is 10.0. The molecule has 0 heterocycles. The lowest BCUT2D eigenvalue weighted by molar-refractivity contribution is -0.138. The highest BCUT2D eigenvalue weighted by atomic mass is 35.5. The second kappa shape index (κ2) is 4.87. The van der Waals surface area contributed by atoms with Gasteiger partial charge in [0.1, 0.15) is 6.04 Å². The second-order valence-electron chi connectivity index (χ2n) is 1.15. The predicted molar refractivity (Wildman–Crippen MR) is 33.2 cm³/mol. The molecule has 1 unspecified atom stereocenters. The van der Waals surface area contributed by atoms with Crippen LogP contribution in [-0.4, -0.2) is 17.1 Å². The minimum Gasteiger partial charge on any atom is -0.480 e. The van der Waals surface area contributed by atoms with Gasteiger partial charge in [-0.2, -0.15) is 0 Å². The fourth-order valence-electron chi connectivity index (χ4n) is 0.0873. The van der Waals surface area contributed by atoms with Gasteiger partial charge in [-0.05, 0) is 6.42 Å². The van der Waals surface area contributed by atoms with Gasteiger partial charge in [-0.3, -0.25) is 4.79 Å². The molecule has 0 aromatic carbocycles. The Bertz CT molecular complexity index is 138. The summed E-state index contributed by atoms with van der Waals surface area (Å²) in [6, 6.07) is -1.28. The largest absolute Gasteiger partial charge is 0.480 e. The zero-order valence-electron chi connectivity index (χ0n) is 7.13. The van der Waals surface area contributed by atoms with Crippen molar-refractivity contribution in [2.24, 2.45) is 5.73 Å². The molecule has 0 radical (unpaired) electrons. The highest BCUT2D eigenvalue weighted by molar-refractivity contribution is 5.85. The van der Waals surface area contributed by atoms with Crippen molar-refractivity contribution in [3.05, 3.63) is 0 Å². The first kappa shape index (κ1) is 4.58. The van der Waals surface area contributed by atoms with E-state index < -0.39 is 25.3 Å². The van der Waals surface area contributed by atoms with E-state index in [2.05, 4.69) is 0 Å². The van der Waals surface area contributed by atoms with Gasteiger partial charge in [0.2, 0.25) is 0 Å². The number of hydrogen-bond donors (Lipinski definition) is 2. The fourth-order valence-corrected chi connectivity index (χ4v) is 0.0873. The summed E-state index contributed by atoms with van der Waals surface area (Å²) in [6.07, 6.45) is -0.484. The first-order valence-electron chi connectivity index (χ1n) is 3.31. The lowest BCUT2D eigenvalue weighted by Crippen LogP contribution is -2.28. The zero-order chi connectivity index (χ0) is 8.36. The maximum atomic E-state index is 10.0. The van der Waals surface area contributed by atoms with Gasteiger partial charge in [-0.15, -0.1) is 12.4 Å². The number of nitrogens with two attached hydrogens (primary N) is 1. The number of hydrogen-bond acceptors (Lipinski definition) is 2. The number of rotatable bonds is 2. The SMILES string of the molecule is Cl.[2H]C([2H])([2H])CC(N)C(=O)O. The Balaban J connectivity index is 0. The van der Waals surface area contributed by atoms with Gasteiger partial charge in [-0.1, -0.05) is 6.85 Å². The van der Waals surface area contributed by atoms with E-state index in [-0.39, 0.29) is 12.4 Å². The lowest BCUT2D eigenvalue weighted by atomic mass is 10.2. The van der Waals surface area contributed by atoms with Crippen LogP contribution in [0.2, 0.25) is 0 Å². The summed E-state index contributed by atoms with van der Waals surface area (Å²) in [5, 5.41) is 8.17. The Morgan fingerprint density at radius 2 is 2.62 bits per heavy atom. The smallest absolute Gasteiger partial charge is 0.320 e. The minimum absolute atomic E-state index is 0. The average molecular weight is 143 g/mol. The summed E-state index contributed by atoms with van der Waals surface area (Å²) >= 11 is 0. The van der Waals surface area contributed by atoms with Gasteiger partial charge < -0.3 is 10.8 Å². The highest BCUT2D eigenvalue weighted by Gasteiger charge is 2.05. The lowest BCUT2D eigenvalue weighted by Gasteiger charge is -1.97. The van der Waals surface area contributed by atoms with E-state index in [1.807, 2.05) is 0 Å². The van der Waals surface area contributed by atoms with E-state index in [1.165, 1.54) is 0 Å². The van der Waals surface area contributed by atoms with E-state index in [0.717, 1.165) is 0 Å². The topological polar surface area (TPSA) is 63.3 Å². The van der Waals surface area contributed by atoms with Crippen molar-refractivity contribution in [2.75, 3.05) is 0 Å². The molecule has 0 saturated heterocycles. The minimum atomic E-state index is -2.25. The Hall–Kier alpha value is -0.280. The molecule has 0 aromatic heterocycles. The van der Waals surface area contributed by atoms with Crippen molar-refractivity contribution >= 4 is 18.4 Å². The van der Waals surface area contributed by atoms with Crippen molar-refractivity contribution in [2.45, 2.75) is 19.3 Å². The number of carbonyl (C=O) groups is 1. The van der Waals surface area contributed by atoms with Crippen molar-refractivity contribution in [1.82, 2.24) is 0 Å². The number of halogens is 1. The number of carboxylic acids is 1. The van der Waals surface area contributed by atoms with Gasteiger partial charge in [0.05, 0.1) is 0 Å². The summed E-state index contributed by atoms with van der Waals surface area (Å²) in [5.74, 6) is -1.28. The molecule has 1 atom stereocenters. The number of aliphatic carboxylic acids is 1. The summed E-state index contributed by atoms with van der Waals surface area (Å²) in [6.45, 7) is -2.25. The first-order valence-corrected chi connectivity index (χ1v) is 1.81. The summed E-state index contributed by atoms with van der Waals surface area (Å²) in [7, 11) is 0. The molecule has 0 fully saturated rings. The van der Waals surface area contributed by atoms with Crippen molar-refractivity contribution < 1.29 is 14.0 Å². The first-order chi connectivity index (χ1) is 4.33. The van der Waals surface area contributed by atoms with E-state index in [1.54, 1.807) is 0 Å². The van der Waals surface area contributed by atoms with Crippen LogP contribution in [0, 0.1) is 0 Å². The van der Waals surface area contributed by atoms with Crippen LogP contribution in [0.25, 0.3) is 0 Å². The third kappa shape index (κ3) is 3.89. The molecule has 0 aliphatic heterocycles. The molecule has 8 heavy (non-hydrogen) atoms. The molecule has 0 amide bonds. The molecule has 3 N–H and O–H groups in total. The van der Waals surface area contributed by atoms with E-state index in [0.29, 0.717) is 0 Å². The molecule has 0 spiro atoms. The standard InChI is InChI=1S/C4H9NO2.ClH/c1-2-3(5)4(6)7;/h3H,2,5H2,1H3,(H,6,7);1H/i1D3;. The van der Waals surface area contributed by atoms with E-state index in [9.17, 15) is 4.79 Å². The third-order valence-electron chi connectivity index (χ3n) is 0.537. The quantitative estimate of drug-likeness (QED) is 0.580. The molecule has 3 nitrogen and oxygen atoms in total. The van der Waals surface area contributed by atoms with Crippen LogP contribution in [0.5, 0.6) is 0 Å². The van der Waals surface area contributed by atoms with Crippen LogP contribution in [0.3, 0.4) is 0 Å². The van der Waals surface area contributed by atoms with Crippen molar-refractivity contribution in [3.8, 4) is 0 Å². The fraction of sp³-hybridized carbons (Fsp3) is 0.750. The monoisotopic (exact) mass is 142 g/mol. The summed E-state index contributed by atoms with van der Waals surface area (Å²) < 4.78 is 19.9. The molecular formula is C4H10ClNO2. The van der Waals surface area contributed by atoms with Gasteiger partial charge in [-0.25, -0.2) is 0 Å². The van der Waals surface area contributed by atoms with Crippen LogP contribution >= 0.6 is 12.4 Å². The van der Waals surface area contributed by atoms with Crippen LogP contribution in [-0.2, 0) is 4.79 Å². The Kier molecular flexibility index (Phi) is 2.79. The van der Waals surface area contributed by atoms with Gasteiger partial charge >= 0.3 is 5.97 Å². The van der Waals surface area contributed by atoms with Crippen LogP contribution in [0.4, 0.5) is 0 Å². The van der Waals surface area contributed by atoms with Crippen molar-refractivity contribution in [3.63, 3.8) is 0 Å².